The van der Waals surface area contributed by atoms with Crippen LogP contribution >= 0.6 is 0 Å². The molecule has 19 heavy (non-hydrogen) atoms. The fourth-order valence-electron chi connectivity index (χ4n) is 2.52. The van der Waals surface area contributed by atoms with E-state index in [1.165, 1.54) is 0 Å². The van der Waals surface area contributed by atoms with Gasteiger partial charge in [0.15, 0.2) is 0 Å². The van der Waals surface area contributed by atoms with E-state index in [-0.39, 0.29) is 6.04 Å². The third kappa shape index (κ3) is 2.83. The molecular weight excluding hydrogens is 260 g/mol. The van der Waals surface area contributed by atoms with E-state index in [9.17, 15) is 8.42 Å². The largest absolute Gasteiger partial charge is 0.329 e. The van der Waals surface area contributed by atoms with E-state index >= 15 is 0 Å². The normalized spacial score (nSPS) is 21.2. The molecule has 1 aliphatic rings. The SMILES string of the molecule is CC(C)c1ccc(S(=O)(=O)N2CCCC2CN)cc1. The summed E-state index contributed by atoms with van der Waals surface area (Å²) in [6.45, 7) is 5.16. The standard InChI is InChI=1S/C14H22N2O2S/c1-11(2)12-5-7-14(8-6-12)19(17,18)16-9-3-4-13(16)10-15/h5-8,11,13H,3-4,9-10,15H2,1-2H3. The molecule has 5 heteroatoms. The zero-order valence-corrected chi connectivity index (χ0v) is 12.4. The van der Waals surface area contributed by atoms with Crippen LogP contribution in [0.15, 0.2) is 29.2 Å². The summed E-state index contributed by atoms with van der Waals surface area (Å²) in [5, 5.41) is 0. The van der Waals surface area contributed by atoms with E-state index in [0.717, 1.165) is 18.4 Å². The van der Waals surface area contributed by atoms with Gasteiger partial charge in [0.05, 0.1) is 4.90 Å². The van der Waals surface area contributed by atoms with Crippen molar-refractivity contribution in [3.8, 4) is 0 Å². The smallest absolute Gasteiger partial charge is 0.243 e. The van der Waals surface area contributed by atoms with Crippen molar-refractivity contribution in [1.29, 1.82) is 0 Å². The van der Waals surface area contributed by atoms with E-state index in [2.05, 4.69) is 13.8 Å². The van der Waals surface area contributed by atoms with E-state index < -0.39 is 10.0 Å². The minimum Gasteiger partial charge on any atom is -0.329 e. The van der Waals surface area contributed by atoms with Crippen molar-refractivity contribution in [2.45, 2.75) is 43.5 Å². The summed E-state index contributed by atoms with van der Waals surface area (Å²) >= 11 is 0. The Morgan fingerprint density at radius 3 is 2.47 bits per heavy atom. The molecule has 1 atom stereocenters. The molecule has 0 spiro atoms. The van der Waals surface area contributed by atoms with Crippen molar-refractivity contribution in [1.82, 2.24) is 4.31 Å². The first-order chi connectivity index (χ1) is 8.96. The fourth-order valence-corrected chi connectivity index (χ4v) is 4.23. The van der Waals surface area contributed by atoms with E-state index in [0.29, 0.717) is 23.9 Å². The Morgan fingerprint density at radius 1 is 1.32 bits per heavy atom. The Hall–Kier alpha value is -0.910. The topological polar surface area (TPSA) is 63.4 Å². The highest BCUT2D eigenvalue weighted by Gasteiger charge is 2.34. The van der Waals surface area contributed by atoms with Gasteiger partial charge in [-0.05, 0) is 36.5 Å². The lowest BCUT2D eigenvalue weighted by Gasteiger charge is -2.23. The average Bonchev–Trinajstić information content (AvgIpc) is 2.87. The van der Waals surface area contributed by atoms with Gasteiger partial charge < -0.3 is 5.73 Å². The Kier molecular flexibility index (Phi) is 4.28. The monoisotopic (exact) mass is 282 g/mol. The second kappa shape index (κ2) is 5.61. The molecule has 0 aromatic heterocycles. The predicted molar refractivity (Wildman–Crippen MR) is 76.5 cm³/mol. The first kappa shape index (κ1) is 14.5. The van der Waals surface area contributed by atoms with Gasteiger partial charge in [-0.2, -0.15) is 4.31 Å². The molecule has 4 nitrogen and oxygen atoms in total. The maximum atomic E-state index is 12.6. The van der Waals surface area contributed by atoms with Crippen LogP contribution in [0.2, 0.25) is 0 Å². The minimum absolute atomic E-state index is 0.0465. The second-order valence-corrected chi connectivity index (χ2v) is 7.26. The molecule has 0 amide bonds. The molecule has 1 unspecified atom stereocenters. The summed E-state index contributed by atoms with van der Waals surface area (Å²) in [7, 11) is -3.39. The molecule has 1 fully saturated rings. The van der Waals surface area contributed by atoms with Crippen molar-refractivity contribution < 1.29 is 8.42 Å². The van der Waals surface area contributed by atoms with Crippen LogP contribution in [0.25, 0.3) is 0 Å². The van der Waals surface area contributed by atoms with Gasteiger partial charge in [0.2, 0.25) is 10.0 Å². The summed E-state index contributed by atoms with van der Waals surface area (Å²) in [5.74, 6) is 0.403. The van der Waals surface area contributed by atoms with Gasteiger partial charge in [-0.1, -0.05) is 26.0 Å². The van der Waals surface area contributed by atoms with Gasteiger partial charge in [-0.15, -0.1) is 0 Å². The quantitative estimate of drug-likeness (QED) is 0.917. The fraction of sp³-hybridized carbons (Fsp3) is 0.571. The second-order valence-electron chi connectivity index (χ2n) is 5.37. The van der Waals surface area contributed by atoms with Crippen molar-refractivity contribution in [2.75, 3.05) is 13.1 Å². The molecular formula is C14H22N2O2S. The van der Waals surface area contributed by atoms with Gasteiger partial charge in [0.1, 0.15) is 0 Å². The van der Waals surface area contributed by atoms with Crippen LogP contribution in [0.1, 0.15) is 38.2 Å². The average molecular weight is 282 g/mol. The Bertz CT molecular complexity index is 523. The molecule has 2 rings (SSSR count). The van der Waals surface area contributed by atoms with Crippen LogP contribution in [-0.2, 0) is 10.0 Å². The molecule has 1 aromatic rings. The maximum Gasteiger partial charge on any atom is 0.243 e. The lowest BCUT2D eigenvalue weighted by atomic mass is 10.0. The Labute approximate surface area is 115 Å². The highest BCUT2D eigenvalue weighted by atomic mass is 32.2. The Balaban J connectivity index is 2.29. The molecule has 2 N–H and O–H groups in total. The van der Waals surface area contributed by atoms with Crippen LogP contribution in [-0.4, -0.2) is 31.9 Å². The van der Waals surface area contributed by atoms with Gasteiger partial charge in [-0.3, -0.25) is 0 Å². The molecule has 106 valence electrons. The van der Waals surface area contributed by atoms with Crippen molar-refractivity contribution in [3.63, 3.8) is 0 Å². The summed E-state index contributed by atoms with van der Waals surface area (Å²) in [4.78, 5) is 0.372. The van der Waals surface area contributed by atoms with Crippen LogP contribution in [0.3, 0.4) is 0 Å². The number of hydrogen-bond acceptors (Lipinski definition) is 3. The number of nitrogens with zero attached hydrogens (tertiary/aromatic N) is 1. The van der Waals surface area contributed by atoms with Gasteiger partial charge in [0, 0.05) is 19.1 Å². The van der Waals surface area contributed by atoms with Crippen molar-refractivity contribution >= 4 is 10.0 Å². The number of hydrogen-bond donors (Lipinski definition) is 1. The third-order valence-corrected chi connectivity index (χ3v) is 5.71. The minimum atomic E-state index is -3.39. The molecule has 0 bridgehead atoms. The number of nitrogens with two attached hydrogens (primary N) is 1. The van der Waals surface area contributed by atoms with Crippen LogP contribution in [0, 0.1) is 0 Å². The summed E-state index contributed by atoms with van der Waals surface area (Å²) < 4.78 is 26.7. The third-order valence-electron chi connectivity index (χ3n) is 3.75. The van der Waals surface area contributed by atoms with Crippen molar-refractivity contribution in [2.24, 2.45) is 5.73 Å². The summed E-state index contributed by atoms with van der Waals surface area (Å²) in [5.41, 5.74) is 6.81. The first-order valence-electron chi connectivity index (χ1n) is 6.78. The first-order valence-corrected chi connectivity index (χ1v) is 8.22. The molecule has 0 aliphatic carbocycles. The highest BCUT2D eigenvalue weighted by Crippen LogP contribution is 2.26. The van der Waals surface area contributed by atoms with Gasteiger partial charge >= 0.3 is 0 Å². The van der Waals surface area contributed by atoms with Crippen LogP contribution in [0.5, 0.6) is 0 Å². The van der Waals surface area contributed by atoms with Crippen LogP contribution in [0.4, 0.5) is 0 Å². The number of rotatable bonds is 4. The van der Waals surface area contributed by atoms with Crippen LogP contribution < -0.4 is 5.73 Å². The molecule has 1 aliphatic heterocycles. The zero-order valence-electron chi connectivity index (χ0n) is 11.5. The lowest BCUT2D eigenvalue weighted by molar-refractivity contribution is 0.393. The van der Waals surface area contributed by atoms with E-state index in [1.54, 1.807) is 16.4 Å². The van der Waals surface area contributed by atoms with Crippen molar-refractivity contribution in [3.05, 3.63) is 29.8 Å². The van der Waals surface area contributed by atoms with E-state index in [4.69, 9.17) is 5.73 Å². The summed E-state index contributed by atoms with van der Waals surface area (Å²) in [6, 6.07) is 7.15. The van der Waals surface area contributed by atoms with Gasteiger partial charge in [-0.25, -0.2) is 8.42 Å². The number of benzene rings is 1. The molecule has 1 saturated heterocycles. The molecule has 1 aromatic carbocycles. The highest BCUT2D eigenvalue weighted by molar-refractivity contribution is 7.89. The molecule has 0 radical (unpaired) electrons. The van der Waals surface area contributed by atoms with E-state index in [1.807, 2.05) is 12.1 Å². The molecule has 0 saturated carbocycles. The zero-order chi connectivity index (χ0) is 14.0. The lowest BCUT2D eigenvalue weighted by Crippen LogP contribution is -2.39. The molecule has 1 heterocycles. The van der Waals surface area contributed by atoms with Gasteiger partial charge in [0.25, 0.3) is 0 Å². The maximum absolute atomic E-state index is 12.6. The summed E-state index contributed by atoms with van der Waals surface area (Å²) in [6.07, 6.45) is 1.75. The Morgan fingerprint density at radius 2 is 1.95 bits per heavy atom. The number of sulfonamides is 1. The predicted octanol–water partition coefficient (Wildman–Crippen LogP) is 1.92.